The minimum atomic E-state index is 0.164. The highest BCUT2D eigenvalue weighted by atomic mass is 16.2. The van der Waals surface area contributed by atoms with Gasteiger partial charge in [0.15, 0.2) is 0 Å². The van der Waals surface area contributed by atoms with Crippen LogP contribution < -0.4 is 0 Å². The Morgan fingerprint density at radius 2 is 2.00 bits per heavy atom. The van der Waals surface area contributed by atoms with E-state index in [1.165, 1.54) is 12.0 Å². The molecule has 0 aromatic carbocycles. The number of hydrogen-bond donors (Lipinski definition) is 0. The maximum absolute atomic E-state index is 12.1. The molecule has 0 radical (unpaired) electrons. The van der Waals surface area contributed by atoms with Crippen molar-refractivity contribution in [1.29, 1.82) is 0 Å². The highest BCUT2D eigenvalue weighted by Crippen LogP contribution is 2.62. The molecule has 0 aromatic heterocycles. The molecule has 1 amide bonds. The van der Waals surface area contributed by atoms with Gasteiger partial charge in [-0.2, -0.15) is 0 Å². The number of allylic oxidation sites excluding steroid dienone is 1. The van der Waals surface area contributed by atoms with Crippen LogP contribution in [-0.4, -0.2) is 24.9 Å². The maximum atomic E-state index is 12.1. The number of hydrogen-bond acceptors (Lipinski definition) is 1. The molecule has 90 valence electrons. The summed E-state index contributed by atoms with van der Waals surface area (Å²) in [5.41, 5.74) is 1.82. The van der Waals surface area contributed by atoms with E-state index < -0.39 is 0 Å². The Morgan fingerprint density at radius 3 is 2.44 bits per heavy atom. The molecule has 3 rings (SSSR count). The van der Waals surface area contributed by atoms with Crippen LogP contribution in [0.25, 0.3) is 0 Å². The number of rotatable bonds is 1. The van der Waals surface area contributed by atoms with Crippen LogP contribution in [0.15, 0.2) is 11.6 Å². The molecule has 16 heavy (non-hydrogen) atoms. The first kappa shape index (κ1) is 11.7. The first-order valence-electron chi connectivity index (χ1n) is 6.26. The minimum Gasteiger partial charge on any atom is -0.348 e. The predicted molar refractivity (Wildman–Crippen MR) is 65.9 cm³/mol. The average molecular weight is 221 g/mol. The van der Waals surface area contributed by atoms with E-state index in [1.54, 1.807) is 4.90 Å². The third-order valence-corrected chi connectivity index (χ3v) is 4.87. The fraction of sp³-hybridized carbons (Fsp3) is 0.786. The molecule has 2 bridgehead atoms. The molecule has 3 saturated carbocycles. The zero-order valence-electron chi connectivity index (χ0n) is 11.1. The second-order valence-corrected chi connectivity index (χ2v) is 6.12. The number of fused-ring (bicyclic) bond motifs is 2. The second kappa shape index (κ2) is 3.61. The SMILES string of the molecule is C/C=C1/[C@@H](C(=O)N(C)C)C[C@H]2C[C@@H]1C2(C)C. The van der Waals surface area contributed by atoms with Gasteiger partial charge in [0, 0.05) is 14.1 Å². The quantitative estimate of drug-likeness (QED) is 0.623. The fourth-order valence-electron chi connectivity index (χ4n) is 3.60. The summed E-state index contributed by atoms with van der Waals surface area (Å²) in [6, 6.07) is 0. The van der Waals surface area contributed by atoms with Crippen molar-refractivity contribution in [2.45, 2.75) is 33.6 Å². The van der Waals surface area contributed by atoms with Crippen LogP contribution in [0.4, 0.5) is 0 Å². The van der Waals surface area contributed by atoms with Gasteiger partial charge in [0.1, 0.15) is 0 Å². The highest BCUT2D eigenvalue weighted by molar-refractivity contribution is 5.82. The maximum Gasteiger partial charge on any atom is 0.229 e. The molecule has 0 unspecified atom stereocenters. The normalized spacial score (nSPS) is 38.1. The van der Waals surface area contributed by atoms with Crippen molar-refractivity contribution in [3.05, 3.63) is 11.6 Å². The molecule has 2 heteroatoms. The average Bonchev–Trinajstić information content (AvgIpc) is 2.26. The van der Waals surface area contributed by atoms with Gasteiger partial charge in [-0.05, 0) is 37.0 Å². The summed E-state index contributed by atoms with van der Waals surface area (Å²) in [4.78, 5) is 13.9. The first-order valence-corrected chi connectivity index (χ1v) is 6.26. The molecule has 0 aliphatic heterocycles. The van der Waals surface area contributed by atoms with Crippen LogP contribution >= 0.6 is 0 Å². The van der Waals surface area contributed by atoms with Crippen molar-refractivity contribution in [3.63, 3.8) is 0 Å². The van der Waals surface area contributed by atoms with Crippen molar-refractivity contribution >= 4 is 5.91 Å². The van der Waals surface area contributed by atoms with E-state index in [9.17, 15) is 4.79 Å². The lowest BCUT2D eigenvalue weighted by Gasteiger charge is -2.60. The molecule has 0 aromatic rings. The largest absolute Gasteiger partial charge is 0.348 e. The van der Waals surface area contributed by atoms with Gasteiger partial charge < -0.3 is 4.90 Å². The summed E-state index contributed by atoms with van der Waals surface area (Å²) in [5, 5.41) is 0. The van der Waals surface area contributed by atoms with Crippen LogP contribution in [0.3, 0.4) is 0 Å². The smallest absolute Gasteiger partial charge is 0.229 e. The fourth-order valence-corrected chi connectivity index (χ4v) is 3.60. The number of amides is 1. The van der Waals surface area contributed by atoms with Gasteiger partial charge >= 0.3 is 0 Å². The van der Waals surface area contributed by atoms with Crippen LogP contribution in [0.5, 0.6) is 0 Å². The standard InChI is InChI=1S/C14H23NO/c1-6-10-11(13(16)15(4)5)7-9-8-12(10)14(9,2)3/h6,9,11-12H,7-8H2,1-5H3/b10-6-/t9-,11-,12-/m0/s1. The van der Waals surface area contributed by atoms with Gasteiger partial charge in [0.25, 0.3) is 0 Å². The summed E-state index contributed by atoms with van der Waals surface area (Å²) in [6.07, 6.45) is 4.54. The lowest BCUT2D eigenvalue weighted by atomic mass is 9.45. The molecular weight excluding hydrogens is 198 g/mol. The third-order valence-electron chi connectivity index (χ3n) is 4.87. The lowest BCUT2D eigenvalue weighted by Crippen LogP contribution is -2.54. The Hall–Kier alpha value is -0.790. The van der Waals surface area contributed by atoms with Crippen molar-refractivity contribution in [1.82, 2.24) is 4.90 Å². The summed E-state index contributed by atoms with van der Waals surface area (Å²) >= 11 is 0. The molecule has 0 saturated heterocycles. The van der Waals surface area contributed by atoms with E-state index in [2.05, 4.69) is 26.8 Å². The Kier molecular flexibility index (Phi) is 2.64. The second-order valence-electron chi connectivity index (χ2n) is 6.12. The number of carbonyl (C=O) groups is 1. The Bertz CT molecular complexity index is 341. The summed E-state index contributed by atoms with van der Waals surface area (Å²) < 4.78 is 0. The predicted octanol–water partition coefficient (Wildman–Crippen LogP) is 2.70. The molecule has 3 fully saturated rings. The van der Waals surface area contributed by atoms with E-state index in [0.717, 1.165) is 12.3 Å². The van der Waals surface area contributed by atoms with Gasteiger partial charge in [-0.25, -0.2) is 0 Å². The monoisotopic (exact) mass is 221 g/mol. The van der Waals surface area contributed by atoms with Crippen LogP contribution in [0.2, 0.25) is 0 Å². The summed E-state index contributed by atoms with van der Waals surface area (Å²) in [5.74, 6) is 1.84. The van der Waals surface area contributed by atoms with Crippen molar-refractivity contribution in [2.24, 2.45) is 23.2 Å². The topological polar surface area (TPSA) is 20.3 Å². The molecule has 3 atom stereocenters. The zero-order valence-corrected chi connectivity index (χ0v) is 11.1. The Labute approximate surface area is 98.7 Å². The number of carbonyl (C=O) groups excluding carboxylic acids is 1. The minimum absolute atomic E-state index is 0.164. The van der Waals surface area contributed by atoms with Crippen molar-refractivity contribution < 1.29 is 4.79 Å². The van der Waals surface area contributed by atoms with Crippen LogP contribution in [0, 0.1) is 23.2 Å². The van der Waals surface area contributed by atoms with Crippen molar-refractivity contribution in [2.75, 3.05) is 14.1 Å². The van der Waals surface area contributed by atoms with Gasteiger partial charge in [0.2, 0.25) is 5.91 Å². The van der Waals surface area contributed by atoms with E-state index in [-0.39, 0.29) is 5.92 Å². The van der Waals surface area contributed by atoms with Crippen LogP contribution in [0.1, 0.15) is 33.6 Å². The molecule has 3 aliphatic carbocycles. The third kappa shape index (κ3) is 1.42. The van der Waals surface area contributed by atoms with Gasteiger partial charge in [0.05, 0.1) is 5.92 Å². The molecule has 0 spiro atoms. The lowest BCUT2D eigenvalue weighted by molar-refractivity contribution is -0.138. The summed E-state index contributed by atoms with van der Waals surface area (Å²) in [7, 11) is 3.72. The van der Waals surface area contributed by atoms with Gasteiger partial charge in [-0.1, -0.05) is 25.5 Å². The molecular formula is C14H23NO. The van der Waals surface area contributed by atoms with Gasteiger partial charge in [-0.15, -0.1) is 0 Å². The van der Waals surface area contributed by atoms with Crippen molar-refractivity contribution in [3.8, 4) is 0 Å². The van der Waals surface area contributed by atoms with E-state index >= 15 is 0 Å². The molecule has 2 nitrogen and oxygen atoms in total. The highest BCUT2D eigenvalue weighted by Gasteiger charge is 2.56. The molecule has 3 aliphatic rings. The van der Waals surface area contributed by atoms with E-state index in [0.29, 0.717) is 17.2 Å². The first-order chi connectivity index (χ1) is 7.39. The van der Waals surface area contributed by atoms with E-state index in [1.807, 2.05) is 14.1 Å². The summed E-state index contributed by atoms with van der Waals surface area (Å²) in [6.45, 7) is 6.79. The van der Waals surface area contributed by atoms with E-state index in [4.69, 9.17) is 0 Å². The number of nitrogens with zero attached hydrogens (tertiary/aromatic N) is 1. The molecule has 0 N–H and O–H groups in total. The van der Waals surface area contributed by atoms with Gasteiger partial charge in [-0.3, -0.25) is 4.79 Å². The zero-order chi connectivity index (χ0) is 12.1. The van der Waals surface area contributed by atoms with Crippen LogP contribution in [-0.2, 0) is 4.79 Å². The Balaban J connectivity index is 2.24. The Morgan fingerprint density at radius 1 is 1.38 bits per heavy atom. The molecule has 0 heterocycles.